The molecule has 0 fully saturated rings. The van der Waals surface area contributed by atoms with Crippen molar-refractivity contribution in [2.24, 2.45) is 5.92 Å². The highest BCUT2D eigenvalue weighted by atomic mass is 19.1. The van der Waals surface area contributed by atoms with Crippen molar-refractivity contribution >= 4 is 5.97 Å². The molecule has 0 aliphatic heterocycles. The Morgan fingerprint density at radius 2 is 2.04 bits per heavy atom. The molecule has 2 aromatic carbocycles. The molecular formula is C19H21FO3. The van der Waals surface area contributed by atoms with E-state index in [-0.39, 0.29) is 18.2 Å². The summed E-state index contributed by atoms with van der Waals surface area (Å²) in [6.45, 7) is 1.94. The highest BCUT2D eigenvalue weighted by molar-refractivity contribution is 5.71. The number of aliphatic carboxylic acids is 1. The molecule has 122 valence electrons. The molecule has 0 aromatic heterocycles. The van der Waals surface area contributed by atoms with E-state index in [0.717, 1.165) is 24.0 Å². The average molecular weight is 316 g/mol. The summed E-state index contributed by atoms with van der Waals surface area (Å²) in [6, 6.07) is 12.3. The van der Waals surface area contributed by atoms with Gasteiger partial charge in [-0.05, 0) is 48.1 Å². The molecule has 0 spiro atoms. The fourth-order valence-electron chi connectivity index (χ4n) is 2.61. The molecule has 1 unspecified atom stereocenters. The second kappa shape index (κ2) is 7.77. The van der Waals surface area contributed by atoms with Gasteiger partial charge in [0.05, 0.1) is 7.11 Å². The van der Waals surface area contributed by atoms with Crippen LogP contribution in [0.2, 0.25) is 0 Å². The van der Waals surface area contributed by atoms with E-state index < -0.39 is 5.97 Å². The number of hydrogen-bond acceptors (Lipinski definition) is 2. The number of hydrogen-bond donors (Lipinski definition) is 1. The van der Waals surface area contributed by atoms with E-state index in [2.05, 4.69) is 0 Å². The lowest BCUT2D eigenvalue weighted by molar-refractivity contribution is -0.138. The third-order valence-corrected chi connectivity index (χ3v) is 3.85. The normalized spacial score (nSPS) is 12.0. The monoisotopic (exact) mass is 316 g/mol. The molecule has 2 aromatic rings. The van der Waals surface area contributed by atoms with Crippen LogP contribution in [-0.2, 0) is 11.2 Å². The zero-order valence-electron chi connectivity index (χ0n) is 13.4. The number of carbonyl (C=O) groups is 1. The van der Waals surface area contributed by atoms with Crippen molar-refractivity contribution in [2.45, 2.75) is 26.2 Å². The molecule has 0 amide bonds. The van der Waals surface area contributed by atoms with Crippen molar-refractivity contribution in [1.29, 1.82) is 0 Å². The summed E-state index contributed by atoms with van der Waals surface area (Å²) >= 11 is 0. The molecule has 0 aliphatic carbocycles. The number of methoxy groups -OCH3 is 1. The van der Waals surface area contributed by atoms with Gasteiger partial charge in [0.1, 0.15) is 11.6 Å². The van der Waals surface area contributed by atoms with E-state index in [9.17, 15) is 9.18 Å². The molecule has 23 heavy (non-hydrogen) atoms. The number of ether oxygens (including phenoxy) is 1. The van der Waals surface area contributed by atoms with Crippen molar-refractivity contribution in [3.63, 3.8) is 0 Å². The van der Waals surface area contributed by atoms with Gasteiger partial charge in [0.15, 0.2) is 0 Å². The second-order valence-corrected chi connectivity index (χ2v) is 5.79. The summed E-state index contributed by atoms with van der Waals surface area (Å²) in [5.41, 5.74) is 2.71. The number of carboxylic acids is 1. The Morgan fingerprint density at radius 1 is 1.26 bits per heavy atom. The lowest BCUT2D eigenvalue weighted by atomic mass is 9.96. The SMILES string of the molecule is COc1ccc(F)cc1-c1cccc(CCC(C)CC(=O)O)c1. The third kappa shape index (κ3) is 4.81. The van der Waals surface area contributed by atoms with Crippen molar-refractivity contribution in [1.82, 2.24) is 0 Å². The van der Waals surface area contributed by atoms with E-state index in [1.54, 1.807) is 13.2 Å². The first-order valence-corrected chi connectivity index (χ1v) is 7.64. The van der Waals surface area contributed by atoms with Gasteiger partial charge < -0.3 is 9.84 Å². The average Bonchev–Trinajstić information content (AvgIpc) is 2.52. The Morgan fingerprint density at radius 3 is 2.74 bits per heavy atom. The van der Waals surface area contributed by atoms with Crippen molar-refractivity contribution in [3.05, 3.63) is 53.8 Å². The van der Waals surface area contributed by atoms with Gasteiger partial charge in [0.2, 0.25) is 0 Å². The lowest BCUT2D eigenvalue weighted by Gasteiger charge is -2.12. The zero-order valence-corrected chi connectivity index (χ0v) is 13.4. The number of aryl methyl sites for hydroxylation is 1. The largest absolute Gasteiger partial charge is 0.496 e. The molecule has 2 rings (SSSR count). The highest BCUT2D eigenvalue weighted by Gasteiger charge is 2.10. The summed E-state index contributed by atoms with van der Waals surface area (Å²) in [7, 11) is 1.56. The minimum atomic E-state index is -0.768. The molecule has 0 saturated carbocycles. The van der Waals surface area contributed by atoms with E-state index in [1.807, 2.05) is 31.2 Å². The quantitative estimate of drug-likeness (QED) is 0.815. The van der Waals surface area contributed by atoms with Crippen LogP contribution in [-0.4, -0.2) is 18.2 Å². The Labute approximate surface area is 135 Å². The van der Waals surface area contributed by atoms with Gasteiger partial charge in [-0.1, -0.05) is 31.2 Å². The predicted molar refractivity (Wildman–Crippen MR) is 88.1 cm³/mol. The van der Waals surface area contributed by atoms with Crippen LogP contribution in [0.4, 0.5) is 4.39 Å². The first kappa shape index (κ1) is 17.0. The number of carboxylic acid groups (broad SMARTS) is 1. The van der Waals surface area contributed by atoms with Crippen LogP contribution in [0.25, 0.3) is 11.1 Å². The van der Waals surface area contributed by atoms with Crippen LogP contribution in [0.15, 0.2) is 42.5 Å². The Bertz CT molecular complexity index is 682. The summed E-state index contributed by atoms with van der Waals surface area (Å²) in [6.07, 6.45) is 1.77. The molecule has 0 bridgehead atoms. The second-order valence-electron chi connectivity index (χ2n) is 5.79. The molecule has 1 N–H and O–H groups in total. The van der Waals surface area contributed by atoms with Gasteiger partial charge in [-0.25, -0.2) is 4.39 Å². The van der Waals surface area contributed by atoms with Crippen LogP contribution in [0.3, 0.4) is 0 Å². The topological polar surface area (TPSA) is 46.5 Å². The molecular weight excluding hydrogens is 295 g/mol. The van der Waals surface area contributed by atoms with Gasteiger partial charge in [0, 0.05) is 12.0 Å². The van der Waals surface area contributed by atoms with Crippen LogP contribution in [0, 0.1) is 11.7 Å². The maximum absolute atomic E-state index is 13.5. The maximum atomic E-state index is 13.5. The molecule has 3 nitrogen and oxygen atoms in total. The Hall–Kier alpha value is -2.36. The maximum Gasteiger partial charge on any atom is 0.303 e. The number of halogens is 1. The van der Waals surface area contributed by atoms with Gasteiger partial charge in [-0.2, -0.15) is 0 Å². The standard InChI is InChI=1S/C19H21FO3/c1-13(10-19(21)22)6-7-14-4-3-5-15(11-14)17-12-16(20)8-9-18(17)23-2/h3-5,8-9,11-13H,6-7,10H2,1-2H3,(H,21,22). The summed E-state index contributed by atoms with van der Waals surface area (Å²) in [5, 5.41) is 8.81. The molecule has 4 heteroatoms. The van der Waals surface area contributed by atoms with Crippen LogP contribution >= 0.6 is 0 Å². The van der Waals surface area contributed by atoms with Crippen LogP contribution in [0.1, 0.15) is 25.3 Å². The highest BCUT2D eigenvalue weighted by Crippen LogP contribution is 2.31. The summed E-state index contributed by atoms with van der Waals surface area (Å²) in [5.74, 6) is -0.320. The smallest absolute Gasteiger partial charge is 0.303 e. The van der Waals surface area contributed by atoms with Gasteiger partial charge in [-0.3, -0.25) is 4.79 Å². The van der Waals surface area contributed by atoms with E-state index in [4.69, 9.17) is 9.84 Å². The minimum Gasteiger partial charge on any atom is -0.496 e. The number of rotatable bonds is 7. The molecule has 1 atom stereocenters. The minimum absolute atomic E-state index is 0.125. The van der Waals surface area contributed by atoms with Crippen molar-refractivity contribution < 1.29 is 19.0 Å². The van der Waals surface area contributed by atoms with E-state index >= 15 is 0 Å². The van der Waals surface area contributed by atoms with Crippen molar-refractivity contribution in [2.75, 3.05) is 7.11 Å². The fraction of sp³-hybridized carbons (Fsp3) is 0.316. The van der Waals surface area contributed by atoms with Gasteiger partial charge in [0.25, 0.3) is 0 Å². The summed E-state index contributed by atoms with van der Waals surface area (Å²) in [4.78, 5) is 10.7. The van der Waals surface area contributed by atoms with Crippen LogP contribution < -0.4 is 4.74 Å². The van der Waals surface area contributed by atoms with Gasteiger partial charge in [-0.15, -0.1) is 0 Å². The number of benzene rings is 2. The molecule has 0 aliphatic rings. The first-order valence-electron chi connectivity index (χ1n) is 7.64. The molecule has 0 heterocycles. The Kier molecular flexibility index (Phi) is 5.74. The molecule has 0 saturated heterocycles. The fourth-order valence-corrected chi connectivity index (χ4v) is 2.61. The van der Waals surface area contributed by atoms with Crippen LogP contribution in [0.5, 0.6) is 5.75 Å². The third-order valence-electron chi connectivity index (χ3n) is 3.85. The lowest BCUT2D eigenvalue weighted by Crippen LogP contribution is -2.05. The Balaban J connectivity index is 2.17. The van der Waals surface area contributed by atoms with E-state index in [1.165, 1.54) is 12.1 Å². The van der Waals surface area contributed by atoms with Gasteiger partial charge >= 0.3 is 5.97 Å². The predicted octanol–water partition coefficient (Wildman–Crippen LogP) is 4.54. The zero-order chi connectivity index (χ0) is 16.8. The molecule has 0 radical (unpaired) electrons. The summed E-state index contributed by atoms with van der Waals surface area (Å²) < 4.78 is 18.8. The van der Waals surface area contributed by atoms with E-state index in [0.29, 0.717) is 11.3 Å². The first-order chi connectivity index (χ1) is 11.0. The van der Waals surface area contributed by atoms with Crippen molar-refractivity contribution in [3.8, 4) is 16.9 Å².